The van der Waals surface area contributed by atoms with Crippen molar-refractivity contribution in [3.8, 4) is 0 Å². The number of nitrogens with one attached hydrogen (secondary N) is 1. The number of pyridine rings is 1. The number of aromatic nitrogens is 3. The zero-order chi connectivity index (χ0) is 18.7. The van der Waals surface area contributed by atoms with E-state index in [9.17, 15) is 15.0 Å². The van der Waals surface area contributed by atoms with Crippen molar-refractivity contribution >= 4 is 16.9 Å². The van der Waals surface area contributed by atoms with E-state index in [2.05, 4.69) is 15.4 Å². The molecule has 0 radical (unpaired) electrons. The van der Waals surface area contributed by atoms with Crippen LogP contribution in [0.2, 0.25) is 0 Å². The van der Waals surface area contributed by atoms with Gasteiger partial charge in [-0.25, -0.2) is 9.67 Å². The fraction of sp³-hybridized carbons (Fsp3) is 0.611. The monoisotopic (exact) mass is 362 g/mol. The van der Waals surface area contributed by atoms with Crippen LogP contribution >= 0.6 is 0 Å². The maximum Gasteiger partial charge on any atom is 0.272 e. The van der Waals surface area contributed by atoms with Gasteiger partial charge >= 0.3 is 0 Å². The molecule has 26 heavy (non-hydrogen) atoms. The summed E-state index contributed by atoms with van der Waals surface area (Å²) in [5.41, 5.74) is -0.334. The Balaban J connectivity index is 1.87. The van der Waals surface area contributed by atoms with Gasteiger partial charge in [0.1, 0.15) is 0 Å². The van der Waals surface area contributed by atoms with Gasteiger partial charge < -0.3 is 20.3 Å². The predicted molar refractivity (Wildman–Crippen MR) is 95.7 cm³/mol. The van der Waals surface area contributed by atoms with Crippen LogP contribution in [0, 0.1) is 5.92 Å². The van der Waals surface area contributed by atoms with Crippen molar-refractivity contribution in [1.82, 2.24) is 20.1 Å². The molecule has 0 aliphatic carbocycles. The van der Waals surface area contributed by atoms with Gasteiger partial charge in [0.15, 0.2) is 11.3 Å². The maximum atomic E-state index is 12.7. The van der Waals surface area contributed by atoms with Crippen molar-refractivity contribution in [3.05, 3.63) is 24.0 Å². The first-order valence-corrected chi connectivity index (χ1v) is 8.93. The van der Waals surface area contributed by atoms with Gasteiger partial charge in [-0.2, -0.15) is 5.10 Å². The lowest BCUT2D eigenvalue weighted by atomic mass is 9.99. The number of ether oxygens (including phenoxy) is 1. The zero-order valence-electron chi connectivity index (χ0n) is 15.2. The molecule has 2 aromatic heterocycles. The topological polar surface area (TPSA) is 110 Å². The number of rotatable bonds is 6. The molecule has 1 aliphatic heterocycles. The van der Waals surface area contributed by atoms with Crippen molar-refractivity contribution in [2.24, 2.45) is 5.92 Å². The third-order valence-electron chi connectivity index (χ3n) is 4.83. The molecule has 1 aliphatic rings. The lowest BCUT2D eigenvalue weighted by Gasteiger charge is -2.28. The number of aliphatic hydroxyl groups is 2. The van der Waals surface area contributed by atoms with E-state index in [1.54, 1.807) is 16.9 Å². The van der Waals surface area contributed by atoms with Crippen molar-refractivity contribution < 1.29 is 19.7 Å². The predicted octanol–water partition coefficient (Wildman–Crippen LogP) is 0.719. The van der Waals surface area contributed by atoms with Crippen molar-refractivity contribution in [2.75, 3.05) is 19.8 Å². The standard InChI is InChI=1S/C18H26N4O4/c1-18(2,25)14(11-23)20-17(24)15-13-4-3-7-19-16(13)22(21-15)10-12-5-8-26-9-6-12/h3-4,7,12,14,23,25H,5-6,8-11H2,1-2H3,(H,20,24)/t14-/m0/s1. The Morgan fingerprint density at radius 3 is 2.85 bits per heavy atom. The van der Waals surface area contributed by atoms with E-state index >= 15 is 0 Å². The summed E-state index contributed by atoms with van der Waals surface area (Å²) in [5, 5.41) is 27.4. The lowest BCUT2D eigenvalue weighted by molar-refractivity contribution is 0.0144. The second-order valence-electron chi connectivity index (χ2n) is 7.32. The highest BCUT2D eigenvalue weighted by molar-refractivity contribution is 6.04. The van der Waals surface area contributed by atoms with Crippen LogP contribution < -0.4 is 5.32 Å². The normalized spacial score (nSPS) is 17.4. The number of nitrogens with zero attached hydrogens (tertiary/aromatic N) is 3. The summed E-state index contributed by atoms with van der Waals surface area (Å²) >= 11 is 0. The smallest absolute Gasteiger partial charge is 0.272 e. The van der Waals surface area contributed by atoms with E-state index in [1.165, 1.54) is 13.8 Å². The molecule has 3 heterocycles. The van der Waals surface area contributed by atoms with Gasteiger partial charge in [0, 0.05) is 26.0 Å². The van der Waals surface area contributed by atoms with E-state index in [0.29, 0.717) is 23.5 Å². The molecule has 0 saturated carbocycles. The first kappa shape index (κ1) is 18.8. The van der Waals surface area contributed by atoms with Crippen molar-refractivity contribution in [1.29, 1.82) is 0 Å². The van der Waals surface area contributed by atoms with Crippen LogP contribution in [0.3, 0.4) is 0 Å². The van der Waals surface area contributed by atoms with Gasteiger partial charge in [-0.05, 0) is 44.7 Å². The molecule has 3 rings (SSSR count). The summed E-state index contributed by atoms with van der Waals surface area (Å²) in [5.74, 6) is 0.00114. The summed E-state index contributed by atoms with van der Waals surface area (Å²) in [6.45, 7) is 4.88. The van der Waals surface area contributed by atoms with E-state index in [0.717, 1.165) is 26.1 Å². The third kappa shape index (κ3) is 4.03. The number of amides is 1. The molecule has 1 amide bonds. The largest absolute Gasteiger partial charge is 0.394 e. The molecule has 1 fully saturated rings. The fourth-order valence-electron chi connectivity index (χ4n) is 3.15. The Morgan fingerprint density at radius 2 is 2.19 bits per heavy atom. The van der Waals surface area contributed by atoms with Gasteiger partial charge in [-0.15, -0.1) is 0 Å². The molecule has 0 spiro atoms. The SMILES string of the molecule is CC(C)(O)[C@H](CO)NC(=O)c1nn(CC2CCOCC2)c2ncccc12. The minimum absolute atomic E-state index is 0.253. The van der Waals surface area contributed by atoms with Gasteiger partial charge in [0.05, 0.1) is 23.6 Å². The molecule has 8 heteroatoms. The van der Waals surface area contributed by atoms with Gasteiger partial charge in [-0.3, -0.25) is 4.79 Å². The molecule has 0 aromatic carbocycles. The summed E-state index contributed by atoms with van der Waals surface area (Å²) in [6.07, 6.45) is 3.60. The molecule has 3 N–H and O–H groups in total. The second-order valence-corrected chi connectivity index (χ2v) is 7.32. The molecule has 8 nitrogen and oxygen atoms in total. The summed E-state index contributed by atoms with van der Waals surface area (Å²) in [7, 11) is 0. The maximum absolute atomic E-state index is 12.7. The molecule has 2 aromatic rings. The molecule has 0 unspecified atom stereocenters. The molecule has 0 bridgehead atoms. The molecular weight excluding hydrogens is 336 g/mol. The summed E-state index contributed by atoms with van der Waals surface area (Å²) in [4.78, 5) is 17.1. The second kappa shape index (κ2) is 7.69. The Hall–Kier alpha value is -2.03. The number of fused-ring (bicyclic) bond motifs is 1. The first-order chi connectivity index (χ1) is 12.4. The van der Waals surface area contributed by atoms with Gasteiger partial charge in [0.2, 0.25) is 0 Å². The molecule has 1 atom stereocenters. The van der Waals surface area contributed by atoms with E-state index in [4.69, 9.17) is 4.74 Å². The Kier molecular flexibility index (Phi) is 5.55. The molecule has 1 saturated heterocycles. The number of carbonyl (C=O) groups is 1. The van der Waals surface area contributed by atoms with Gasteiger partial charge in [0.25, 0.3) is 5.91 Å². The van der Waals surface area contributed by atoms with Crippen molar-refractivity contribution in [2.45, 2.75) is 44.9 Å². The first-order valence-electron chi connectivity index (χ1n) is 8.93. The molecular formula is C18H26N4O4. The van der Waals surface area contributed by atoms with Crippen LogP contribution in [0.15, 0.2) is 18.3 Å². The number of hydrogen-bond donors (Lipinski definition) is 3. The highest BCUT2D eigenvalue weighted by atomic mass is 16.5. The van der Waals surface area contributed by atoms with Gasteiger partial charge in [-0.1, -0.05) is 0 Å². The molecule has 142 valence electrons. The average Bonchev–Trinajstić information content (AvgIpc) is 2.98. The summed E-state index contributed by atoms with van der Waals surface area (Å²) < 4.78 is 7.18. The van der Waals surface area contributed by atoms with E-state index < -0.39 is 17.6 Å². The Labute approximate surface area is 152 Å². The third-order valence-corrected chi connectivity index (χ3v) is 4.83. The van der Waals surface area contributed by atoms with Crippen LogP contribution in [0.25, 0.3) is 11.0 Å². The van der Waals surface area contributed by atoms with Crippen LogP contribution in [0.1, 0.15) is 37.2 Å². The van der Waals surface area contributed by atoms with Crippen LogP contribution in [0.4, 0.5) is 0 Å². The Morgan fingerprint density at radius 1 is 1.46 bits per heavy atom. The number of aliphatic hydroxyl groups excluding tert-OH is 1. The van der Waals surface area contributed by atoms with Crippen LogP contribution in [-0.4, -0.2) is 62.3 Å². The lowest BCUT2D eigenvalue weighted by Crippen LogP contribution is -2.51. The minimum Gasteiger partial charge on any atom is -0.394 e. The highest BCUT2D eigenvalue weighted by Gasteiger charge is 2.30. The number of hydrogen-bond acceptors (Lipinski definition) is 6. The van der Waals surface area contributed by atoms with E-state index in [1.807, 2.05) is 6.07 Å². The van der Waals surface area contributed by atoms with Crippen LogP contribution in [0.5, 0.6) is 0 Å². The minimum atomic E-state index is -1.25. The summed E-state index contributed by atoms with van der Waals surface area (Å²) in [6, 6.07) is 2.78. The average molecular weight is 362 g/mol. The Bertz CT molecular complexity index is 762. The van der Waals surface area contributed by atoms with E-state index in [-0.39, 0.29) is 12.3 Å². The quantitative estimate of drug-likeness (QED) is 0.699. The number of carbonyl (C=O) groups excluding carboxylic acids is 1. The highest BCUT2D eigenvalue weighted by Crippen LogP contribution is 2.22. The van der Waals surface area contributed by atoms with Crippen molar-refractivity contribution in [3.63, 3.8) is 0 Å². The van der Waals surface area contributed by atoms with Crippen LogP contribution in [-0.2, 0) is 11.3 Å². The fourth-order valence-corrected chi connectivity index (χ4v) is 3.15. The zero-order valence-corrected chi connectivity index (χ0v) is 15.2.